The van der Waals surface area contributed by atoms with E-state index in [-0.39, 0.29) is 5.91 Å². The molecule has 0 bridgehead atoms. The topological polar surface area (TPSA) is 35.6 Å². The van der Waals surface area contributed by atoms with Gasteiger partial charge in [0.25, 0.3) is 0 Å². The predicted molar refractivity (Wildman–Crippen MR) is 86.9 cm³/mol. The van der Waals surface area contributed by atoms with E-state index in [1.165, 1.54) is 0 Å². The Morgan fingerprint density at radius 3 is 2.67 bits per heavy atom. The summed E-state index contributed by atoms with van der Waals surface area (Å²) in [6, 6.07) is 5.64. The average Bonchev–Trinajstić information content (AvgIpc) is 2.49. The molecule has 4 nitrogen and oxygen atoms in total. The summed E-state index contributed by atoms with van der Waals surface area (Å²) < 4.78 is 0. The third-order valence-corrected chi connectivity index (χ3v) is 4.35. The number of rotatable bonds is 5. The number of nitrogens with one attached hydrogen (secondary N) is 1. The molecule has 1 amide bonds. The molecule has 21 heavy (non-hydrogen) atoms. The minimum Gasteiger partial charge on any atom is -0.340 e. The second-order valence-corrected chi connectivity index (χ2v) is 6.18. The van der Waals surface area contributed by atoms with Crippen LogP contribution in [0.1, 0.15) is 12.0 Å². The Balaban J connectivity index is 1.77. The number of nitrogens with zero attached hydrogens (tertiary/aromatic N) is 2. The molecule has 1 aliphatic heterocycles. The SMILES string of the molecule is CN(CCC(=O)N1CCNCC1)Cc1ccc(Cl)c(Cl)c1. The Labute approximate surface area is 136 Å². The van der Waals surface area contributed by atoms with Crippen LogP contribution in [-0.4, -0.2) is 55.5 Å². The van der Waals surface area contributed by atoms with E-state index in [9.17, 15) is 4.79 Å². The van der Waals surface area contributed by atoms with Crippen molar-refractivity contribution in [1.82, 2.24) is 15.1 Å². The number of amides is 1. The van der Waals surface area contributed by atoms with Crippen LogP contribution in [0.15, 0.2) is 18.2 Å². The zero-order valence-electron chi connectivity index (χ0n) is 12.2. The summed E-state index contributed by atoms with van der Waals surface area (Å²) in [4.78, 5) is 16.1. The first-order valence-electron chi connectivity index (χ1n) is 7.17. The van der Waals surface area contributed by atoms with Gasteiger partial charge < -0.3 is 15.1 Å². The molecule has 1 saturated heterocycles. The van der Waals surface area contributed by atoms with E-state index in [1.807, 2.05) is 24.1 Å². The lowest BCUT2D eigenvalue weighted by atomic mass is 10.2. The molecule has 2 rings (SSSR count). The Kier molecular flexibility index (Phi) is 6.30. The lowest BCUT2D eigenvalue weighted by Gasteiger charge is -2.28. The molecule has 0 aromatic heterocycles. The normalized spacial score (nSPS) is 15.5. The van der Waals surface area contributed by atoms with E-state index in [0.29, 0.717) is 16.5 Å². The van der Waals surface area contributed by atoms with Gasteiger partial charge in [0.15, 0.2) is 0 Å². The maximum atomic E-state index is 12.1. The zero-order valence-corrected chi connectivity index (χ0v) is 13.8. The summed E-state index contributed by atoms with van der Waals surface area (Å²) in [5.74, 6) is 0.234. The first-order chi connectivity index (χ1) is 10.1. The van der Waals surface area contributed by atoms with E-state index in [2.05, 4.69) is 10.2 Å². The maximum Gasteiger partial charge on any atom is 0.223 e. The van der Waals surface area contributed by atoms with Gasteiger partial charge in [-0.05, 0) is 24.7 Å². The molecule has 0 radical (unpaired) electrons. The van der Waals surface area contributed by atoms with Gasteiger partial charge in [0.05, 0.1) is 10.0 Å². The predicted octanol–water partition coefficient (Wildman–Crippen LogP) is 2.25. The molecule has 0 spiro atoms. The monoisotopic (exact) mass is 329 g/mol. The van der Waals surface area contributed by atoms with Gasteiger partial charge in [0.2, 0.25) is 5.91 Å². The van der Waals surface area contributed by atoms with Gasteiger partial charge in [0.1, 0.15) is 0 Å². The van der Waals surface area contributed by atoms with Gasteiger partial charge in [-0.1, -0.05) is 29.3 Å². The summed E-state index contributed by atoms with van der Waals surface area (Å²) >= 11 is 11.9. The number of benzene rings is 1. The molecule has 0 unspecified atom stereocenters. The van der Waals surface area contributed by atoms with E-state index in [4.69, 9.17) is 23.2 Å². The molecule has 0 saturated carbocycles. The third kappa shape index (κ3) is 5.15. The summed E-state index contributed by atoms with van der Waals surface area (Å²) in [5.41, 5.74) is 1.10. The minimum atomic E-state index is 0.234. The number of halogens is 2. The highest BCUT2D eigenvalue weighted by atomic mass is 35.5. The van der Waals surface area contributed by atoms with Gasteiger partial charge in [-0.2, -0.15) is 0 Å². The fourth-order valence-electron chi connectivity index (χ4n) is 2.39. The van der Waals surface area contributed by atoms with E-state index >= 15 is 0 Å². The van der Waals surface area contributed by atoms with Crippen molar-refractivity contribution in [3.63, 3.8) is 0 Å². The van der Waals surface area contributed by atoms with Crippen molar-refractivity contribution in [2.24, 2.45) is 0 Å². The van der Waals surface area contributed by atoms with Crippen LogP contribution in [0.3, 0.4) is 0 Å². The van der Waals surface area contributed by atoms with Crippen molar-refractivity contribution < 1.29 is 4.79 Å². The van der Waals surface area contributed by atoms with Crippen LogP contribution in [0, 0.1) is 0 Å². The van der Waals surface area contributed by atoms with E-state index in [1.54, 1.807) is 6.07 Å². The molecular formula is C15H21Cl2N3O. The molecule has 1 heterocycles. The first-order valence-corrected chi connectivity index (χ1v) is 7.93. The van der Waals surface area contributed by atoms with Gasteiger partial charge in [0, 0.05) is 45.7 Å². The van der Waals surface area contributed by atoms with Crippen LogP contribution in [0.25, 0.3) is 0 Å². The molecule has 1 aromatic carbocycles. The van der Waals surface area contributed by atoms with Crippen LogP contribution in [0.2, 0.25) is 10.0 Å². The van der Waals surface area contributed by atoms with Crippen LogP contribution >= 0.6 is 23.2 Å². The fraction of sp³-hybridized carbons (Fsp3) is 0.533. The number of hydrogen-bond donors (Lipinski definition) is 1. The lowest BCUT2D eigenvalue weighted by Crippen LogP contribution is -2.47. The van der Waals surface area contributed by atoms with E-state index < -0.39 is 0 Å². The van der Waals surface area contributed by atoms with Crippen molar-refractivity contribution in [1.29, 1.82) is 0 Å². The third-order valence-electron chi connectivity index (χ3n) is 3.61. The Morgan fingerprint density at radius 1 is 1.29 bits per heavy atom. The van der Waals surface area contributed by atoms with Crippen LogP contribution in [0.4, 0.5) is 0 Å². The molecular weight excluding hydrogens is 309 g/mol. The first kappa shape index (κ1) is 16.6. The Hall–Kier alpha value is -0.810. The highest BCUT2D eigenvalue weighted by Crippen LogP contribution is 2.23. The molecule has 1 aromatic rings. The van der Waals surface area contributed by atoms with Gasteiger partial charge in [-0.3, -0.25) is 4.79 Å². The molecule has 1 aliphatic rings. The number of piperazine rings is 1. The number of hydrogen-bond acceptors (Lipinski definition) is 3. The highest BCUT2D eigenvalue weighted by molar-refractivity contribution is 6.42. The average molecular weight is 330 g/mol. The van der Waals surface area contributed by atoms with Gasteiger partial charge in [-0.15, -0.1) is 0 Å². The summed E-state index contributed by atoms with van der Waals surface area (Å²) in [6.45, 7) is 4.91. The number of carbonyl (C=O) groups excluding carboxylic acids is 1. The Morgan fingerprint density at radius 2 is 2.00 bits per heavy atom. The molecule has 1 N–H and O–H groups in total. The van der Waals surface area contributed by atoms with E-state index in [0.717, 1.165) is 44.8 Å². The lowest BCUT2D eigenvalue weighted by molar-refractivity contribution is -0.132. The summed E-state index contributed by atoms with van der Waals surface area (Å²) in [5, 5.41) is 4.38. The minimum absolute atomic E-state index is 0.234. The molecule has 0 aliphatic carbocycles. The quantitative estimate of drug-likeness (QED) is 0.899. The standard InChI is InChI=1S/C15H21Cl2N3O/c1-19(11-12-2-3-13(16)14(17)10-12)7-4-15(21)20-8-5-18-6-9-20/h2-3,10,18H,4-9,11H2,1H3. The molecule has 116 valence electrons. The van der Waals surface area contributed by atoms with Crippen molar-refractivity contribution in [3.8, 4) is 0 Å². The maximum absolute atomic E-state index is 12.1. The van der Waals surface area contributed by atoms with Crippen molar-refractivity contribution in [3.05, 3.63) is 33.8 Å². The van der Waals surface area contributed by atoms with Gasteiger partial charge in [-0.25, -0.2) is 0 Å². The number of carbonyl (C=O) groups is 1. The highest BCUT2D eigenvalue weighted by Gasteiger charge is 2.16. The largest absolute Gasteiger partial charge is 0.340 e. The second kappa shape index (κ2) is 7.99. The molecule has 6 heteroatoms. The smallest absolute Gasteiger partial charge is 0.223 e. The van der Waals surface area contributed by atoms with Crippen LogP contribution < -0.4 is 5.32 Å². The zero-order chi connectivity index (χ0) is 15.2. The van der Waals surface area contributed by atoms with Crippen molar-refractivity contribution in [2.75, 3.05) is 39.8 Å². The second-order valence-electron chi connectivity index (χ2n) is 5.37. The Bertz CT molecular complexity index is 490. The molecule has 0 atom stereocenters. The van der Waals surface area contributed by atoms with Crippen molar-refractivity contribution >= 4 is 29.1 Å². The molecule has 1 fully saturated rings. The summed E-state index contributed by atoms with van der Waals surface area (Å²) in [6.07, 6.45) is 0.553. The van der Waals surface area contributed by atoms with Crippen molar-refractivity contribution in [2.45, 2.75) is 13.0 Å². The summed E-state index contributed by atoms with van der Waals surface area (Å²) in [7, 11) is 2.01. The van der Waals surface area contributed by atoms with Crippen LogP contribution in [0.5, 0.6) is 0 Å². The fourth-order valence-corrected chi connectivity index (χ4v) is 2.71. The van der Waals surface area contributed by atoms with Gasteiger partial charge >= 0.3 is 0 Å². The van der Waals surface area contributed by atoms with Crippen LogP contribution in [-0.2, 0) is 11.3 Å².